The molecule has 122 valence electrons. The molecule has 1 aromatic carbocycles. The third kappa shape index (κ3) is 3.34. The number of hydrogen-bond donors (Lipinski definition) is 3. The van der Waals surface area contributed by atoms with Gasteiger partial charge in [-0.15, -0.1) is 0 Å². The van der Waals surface area contributed by atoms with Gasteiger partial charge in [-0.05, 0) is 30.9 Å². The Morgan fingerprint density at radius 3 is 2.83 bits per heavy atom. The van der Waals surface area contributed by atoms with E-state index in [1.165, 1.54) is 0 Å². The normalized spacial score (nSPS) is 21.3. The number of nitrogens with one attached hydrogen (secondary N) is 2. The maximum atomic E-state index is 12.3. The van der Waals surface area contributed by atoms with Crippen molar-refractivity contribution in [2.45, 2.75) is 25.7 Å². The van der Waals surface area contributed by atoms with Crippen molar-refractivity contribution >= 4 is 34.4 Å². The molecule has 0 radical (unpaired) electrons. The molecule has 0 saturated heterocycles. The van der Waals surface area contributed by atoms with E-state index in [4.69, 9.17) is 11.6 Å². The molecule has 1 saturated carbocycles. The van der Waals surface area contributed by atoms with Crippen LogP contribution < -0.4 is 5.32 Å². The molecule has 1 aliphatic rings. The molecular formula is C17H19ClN2O3. The maximum absolute atomic E-state index is 12.3. The number of carboxylic acids is 1. The van der Waals surface area contributed by atoms with Crippen LogP contribution in [-0.2, 0) is 4.79 Å². The lowest BCUT2D eigenvalue weighted by atomic mass is 9.79. The van der Waals surface area contributed by atoms with E-state index in [9.17, 15) is 14.7 Å². The highest BCUT2D eigenvalue weighted by Crippen LogP contribution is 2.30. The number of amides is 1. The molecular weight excluding hydrogens is 316 g/mol. The Labute approximate surface area is 139 Å². The summed E-state index contributed by atoms with van der Waals surface area (Å²) in [5.41, 5.74) is 1.18. The van der Waals surface area contributed by atoms with Crippen LogP contribution in [0.2, 0.25) is 5.02 Å². The molecule has 2 aromatic rings. The fourth-order valence-electron chi connectivity index (χ4n) is 3.34. The third-order valence-corrected chi connectivity index (χ3v) is 4.92. The van der Waals surface area contributed by atoms with Gasteiger partial charge in [0.25, 0.3) is 5.91 Å². The van der Waals surface area contributed by atoms with Crippen molar-refractivity contribution in [3.8, 4) is 0 Å². The summed E-state index contributed by atoms with van der Waals surface area (Å²) < 4.78 is 0. The van der Waals surface area contributed by atoms with Gasteiger partial charge in [0.05, 0.1) is 16.5 Å². The number of carbonyl (C=O) groups is 2. The zero-order valence-corrected chi connectivity index (χ0v) is 13.4. The Kier molecular flexibility index (Phi) is 4.57. The second-order valence-corrected chi connectivity index (χ2v) is 6.49. The van der Waals surface area contributed by atoms with Gasteiger partial charge in [-0.3, -0.25) is 9.59 Å². The van der Waals surface area contributed by atoms with Crippen LogP contribution in [0.25, 0.3) is 10.9 Å². The minimum atomic E-state index is -0.763. The molecule has 1 fully saturated rings. The average Bonchev–Trinajstić information content (AvgIpc) is 2.98. The lowest BCUT2D eigenvalue weighted by Crippen LogP contribution is -2.37. The van der Waals surface area contributed by atoms with Crippen molar-refractivity contribution in [1.82, 2.24) is 10.3 Å². The van der Waals surface area contributed by atoms with Gasteiger partial charge < -0.3 is 15.4 Å². The van der Waals surface area contributed by atoms with Crippen molar-refractivity contribution in [3.63, 3.8) is 0 Å². The van der Waals surface area contributed by atoms with Gasteiger partial charge in [0.15, 0.2) is 0 Å². The molecule has 2 atom stereocenters. The maximum Gasteiger partial charge on any atom is 0.306 e. The predicted octanol–water partition coefficient (Wildman–Crippen LogP) is 3.44. The summed E-state index contributed by atoms with van der Waals surface area (Å²) in [7, 11) is 0. The van der Waals surface area contributed by atoms with Crippen molar-refractivity contribution in [2.75, 3.05) is 6.54 Å². The van der Waals surface area contributed by atoms with Crippen LogP contribution in [0.15, 0.2) is 24.3 Å². The largest absolute Gasteiger partial charge is 0.481 e. The first-order chi connectivity index (χ1) is 11.1. The molecule has 1 heterocycles. The molecule has 3 N–H and O–H groups in total. The van der Waals surface area contributed by atoms with Gasteiger partial charge in [-0.25, -0.2) is 0 Å². The molecule has 0 unspecified atom stereocenters. The fraction of sp³-hybridized carbons (Fsp3) is 0.412. The van der Waals surface area contributed by atoms with Gasteiger partial charge in [-0.1, -0.05) is 36.6 Å². The number of aromatic nitrogens is 1. The van der Waals surface area contributed by atoms with E-state index in [2.05, 4.69) is 10.3 Å². The molecule has 0 spiro atoms. The number of aliphatic carboxylic acids is 1. The molecule has 6 heteroatoms. The van der Waals surface area contributed by atoms with Gasteiger partial charge >= 0.3 is 5.97 Å². The number of carboxylic acid groups (broad SMARTS) is 1. The number of carbonyl (C=O) groups excluding carboxylic acids is 1. The number of fused-ring (bicyclic) bond motifs is 1. The number of aromatic amines is 1. The smallest absolute Gasteiger partial charge is 0.306 e. The van der Waals surface area contributed by atoms with E-state index in [1.807, 2.05) is 12.1 Å². The van der Waals surface area contributed by atoms with E-state index in [1.54, 1.807) is 12.1 Å². The van der Waals surface area contributed by atoms with Crippen molar-refractivity contribution < 1.29 is 14.7 Å². The van der Waals surface area contributed by atoms with Gasteiger partial charge in [0.2, 0.25) is 0 Å². The Morgan fingerprint density at radius 1 is 1.30 bits per heavy atom. The van der Waals surface area contributed by atoms with Crippen LogP contribution in [0.1, 0.15) is 36.2 Å². The summed E-state index contributed by atoms with van der Waals surface area (Å²) in [6.45, 7) is 0.388. The number of halogens is 1. The SMILES string of the molecule is O=C(NC[C@@H]1CCCC[C@@H]1C(=O)O)c1cc2cccc(Cl)c2[nH]1. The Balaban J connectivity index is 1.68. The van der Waals surface area contributed by atoms with Crippen molar-refractivity contribution in [2.24, 2.45) is 11.8 Å². The second-order valence-electron chi connectivity index (χ2n) is 6.09. The van der Waals surface area contributed by atoms with Gasteiger partial charge in [-0.2, -0.15) is 0 Å². The second kappa shape index (κ2) is 6.62. The van der Waals surface area contributed by atoms with Crippen molar-refractivity contribution in [1.29, 1.82) is 0 Å². The molecule has 23 heavy (non-hydrogen) atoms. The minimum Gasteiger partial charge on any atom is -0.481 e. The number of H-pyrrole nitrogens is 1. The molecule has 5 nitrogen and oxygen atoms in total. The molecule has 3 rings (SSSR count). The predicted molar refractivity (Wildman–Crippen MR) is 88.7 cm³/mol. The lowest BCUT2D eigenvalue weighted by molar-refractivity contribution is -0.144. The highest BCUT2D eigenvalue weighted by molar-refractivity contribution is 6.35. The summed E-state index contributed by atoms with van der Waals surface area (Å²) in [5, 5.41) is 13.6. The van der Waals surface area contributed by atoms with Crippen LogP contribution >= 0.6 is 11.6 Å². The van der Waals surface area contributed by atoms with E-state index in [-0.39, 0.29) is 17.7 Å². The first-order valence-corrected chi connectivity index (χ1v) is 8.22. The van der Waals surface area contributed by atoms with Crippen LogP contribution in [-0.4, -0.2) is 28.5 Å². The Bertz CT molecular complexity index is 741. The lowest BCUT2D eigenvalue weighted by Gasteiger charge is -2.28. The van der Waals surface area contributed by atoms with Crippen molar-refractivity contribution in [3.05, 3.63) is 35.0 Å². The Morgan fingerprint density at radius 2 is 2.09 bits per heavy atom. The minimum absolute atomic E-state index is 0.00170. The fourth-order valence-corrected chi connectivity index (χ4v) is 3.57. The number of para-hydroxylation sites is 1. The summed E-state index contributed by atoms with van der Waals surface area (Å²) in [4.78, 5) is 26.6. The quantitative estimate of drug-likeness (QED) is 0.801. The first kappa shape index (κ1) is 15.9. The summed E-state index contributed by atoms with van der Waals surface area (Å²) in [6, 6.07) is 7.24. The summed E-state index contributed by atoms with van der Waals surface area (Å²) >= 11 is 6.10. The molecule has 1 aromatic heterocycles. The number of hydrogen-bond acceptors (Lipinski definition) is 2. The van der Waals surface area contributed by atoms with Gasteiger partial charge in [0, 0.05) is 11.9 Å². The van der Waals surface area contributed by atoms with Crippen LogP contribution in [0.5, 0.6) is 0 Å². The molecule has 0 bridgehead atoms. The van der Waals surface area contributed by atoms with Crippen LogP contribution in [0.4, 0.5) is 0 Å². The molecule has 1 amide bonds. The molecule has 0 aliphatic heterocycles. The summed E-state index contributed by atoms with van der Waals surface area (Å²) in [6.07, 6.45) is 3.50. The third-order valence-electron chi connectivity index (χ3n) is 4.60. The van der Waals surface area contributed by atoms with Crippen LogP contribution in [0, 0.1) is 11.8 Å². The summed E-state index contributed by atoms with van der Waals surface area (Å²) in [5.74, 6) is -1.35. The van der Waals surface area contributed by atoms with E-state index >= 15 is 0 Å². The number of rotatable bonds is 4. The zero-order valence-electron chi connectivity index (χ0n) is 12.6. The monoisotopic (exact) mass is 334 g/mol. The van der Waals surface area contributed by atoms with E-state index in [0.717, 1.165) is 30.2 Å². The standard InChI is InChI=1S/C17H19ClN2O3/c18-13-7-3-5-10-8-14(20-15(10)13)16(21)19-9-11-4-1-2-6-12(11)17(22)23/h3,5,7-8,11-12,20H,1-2,4,6,9H2,(H,19,21)(H,22,23)/t11-,12-/m0/s1. The molecule has 1 aliphatic carbocycles. The highest BCUT2D eigenvalue weighted by atomic mass is 35.5. The Hall–Kier alpha value is -2.01. The zero-order chi connectivity index (χ0) is 16.4. The average molecular weight is 335 g/mol. The topological polar surface area (TPSA) is 82.2 Å². The van der Waals surface area contributed by atoms with Gasteiger partial charge in [0.1, 0.15) is 5.69 Å². The first-order valence-electron chi connectivity index (χ1n) is 7.84. The van der Waals surface area contributed by atoms with E-state index < -0.39 is 5.97 Å². The van der Waals surface area contributed by atoms with E-state index in [0.29, 0.717) is 23.7 Å². The van der Waals surface area contributed by atoms with Crippen LogP contribution in [0.3, 0.4) is 0 Å². The highest BCUT2D eigenvalue weighted by Gasteiger charge is 2.30. The number of benzene rings is 1.